The molecule has 2 aromatic carbocycles. The quantitative estimate of drug-likeness (QED) is 0.131. The van der Waals surface area contributed by atoms with Crippen LogP contribution in [0, 0.1) is 22.7 Å². The number of aliphatic hydroxyl groups is 1. The number of ether oxygens (including phenoxy) is 1. The Labute approximate surface area is 312 Å². The molecule has 3 N–H and O–H groups in total. The van der Waals surface area contributed by atoms with Crippen molar-refractivity contribution in [2.24, 2.45) is 22.7 Å². The number of hydrogen-bond donors (Lipinski definition) is 3. The summed E-state index contributed by atoms with van der Waals surface area (Å²) in [5.41, 5.74) is 0.473. The normalized spacial score (nSPS) is 18.6. The van der Waals surface area contributed by atoms with E-state index in [4.69, 9.17) is 12.3 Å². The molecule has 0 unspecified atom stereocenters. The summed E-state index contributed by atoms with van der Waals surface area (Å²) in [5.74, 6) is -6.59. The molecule has 1 heterocycles. The first-order valence-corrected chi connectivity index (χ1v) is 16.2. The molecule has 3 rings (SSSR count). The van der Waals surface area contributed by atoms with E-state index >= 15 is 0 Å². The molecule has 4 atom stereocenters. The molecule has 270 valence electrons. The molecule has 0 spiro atoms. The summed E-state index contributed by atoms with van der Waals surface area (Å²) in [4.78, 5) is 57.9. The molecular formula is C40H54N4O6. The number of methoxy groups -OCH3 is 1. The molecule has 2 amide bonds. The van der Waals surface area contributed by atoms with Crippen LogP contribution in [-0.4, -0.2) is 64.4 Å². The summed E-state index contributed by atoms with van der Waals surface area (Å²) in [7, 11) is -3.10. The SMILES string of the molecule is [2H]C([2H])([2H])OC(=O)C[C@H](C(=O)NN(C[C@H](O)[C@@H](CC(=O)[C@@H](NC(C)=O)C(C)(C([2H])([2H])[2H])C([2H])([2H])[2H])Cc1ccccc1)C([2H])([2H])c1ccc(-c2ccccn2)cc1)C(C)(C)C. The van der Waals surface area contributed by atoms with E-state index < -0.39 is 105 Å². The van der Waals surface area contributed by atoms with Gasteiger partial charge in [0.25, 0.3) is 0 Å². The molecule has 0 aliphatic heterocycles. The Morgan fingerprint density at radius 1 is 0.920 bits per heavy atom. The number of nitrogens with one attached hydrogen (secondary N) is 2. The van der Waals surface area contributed by atoms with Gasteiger partial charge >= 0.3 is 5.97 Å². The highest BCUT2D eigenvalue weighted by Crippen LogP contribution is 2.30. The molecule has 0 saturated carbocycles. The number of amides is 2. The fraction of sp³-hybridized carbons (Fsp3) is 0.475. The number of hydrogen-bond acceptors (Lipinski definition) is 8. The van der Waals surface area contributed by atoms with Crippen molar-refractivity contribution >= 4 is 23.6 Å². The molecule has 0 fully saturated rings. The molecule has 0 radical (unpaired) electrons. The maximum Gasteiger partial charge on any atom is 0.306 e. The smallest absolute Gasteiger partial charge is 0.306 e. The van der Waals surface area contributed by atoms with Gasteiger partial charge in [0.05, 0.1) is 44.1 Å². The summed E-state index contributed by atoms with van der Waals surface area (Å²) in [6, 6.07) is 17.7. The van der Waals surface area contributed by atoms with Gasteiger partial charge < -0.3 is 15.2 Å². The van der Waals surface area contributed by atoms with Gasteiger partial charge in [-0.1, -0.05) is 102 Å². The van der Waals surface area contributed by atoms with Crippen LogP contribution in [0.5, 0.6) is 0 Å². The Morgan fingerprint density at radius 2 is 1.60 bits per heavy atom. The van der Waals surface area contributed by atoms with Crippen molar-refractivity contribution in [3.63, 3.8) is 0 Å². The van der Waals surface area contributed by atoms with E-state index in [-0.39, 0.29) is 12.0 Å². The van der Waals surface area contributed by atoms with E-state index in [1.807, 2.05) is 0 Å². The molecule has 0 bridgehead atoms. The maximum atomic E-state index is 14.3. The van der Waals surface area contributed by atoms with E-state index in [1.54, 1.807) is 87.6 Å². The molecule has 0 saturated heterocycles. The second-order valence-corrected chi connectivity index (χ2v) is 13.6. The van der Waals surface area contributed by atoms with Crippen LogP contribution >= 0.6 is 0 Å². The Kier molecular flexibility index (Phi) is 9.51. The van der Waals surface area contributed by atoms with Crippen LogP contribution in [0.15, 0.2) is 79.0 Å². The molecule has 1 aromatic heterocycles. The fourth-order valence-electron chi connectivity index (χ4n) is 5.46. The highest BCUT2D eigenvalue weighted by atomic mass is 16.5. The van der Waals surface area contributed by atoms with Gasteiger partial charge in [-0.05, 0) is 46.4 Å². The number of nitrogens with zero attached hydrogens (tertiary/aromatic N) is 2. The monoisotopic (exact) mass is 697 g/mol. The van der Waals surface area contributed by atoms with Gasteiger partial charge in [0.1, 0.15) is 0 Å². The highest BCUT2D eigenvalue weighted by Gasteiger charge is 2.37. The first kappa shape index (κ1) is 26.4. The average Bonchev–Trinajstić information content (AvgIpc) is 3.13. The number of aliphatic hydroxyl groups excluding tert-OH is 1. The van der Waals surface area contributed by atoms with Crippen LogP contribution in [-0.2, 0) is 36.8 Å². The van der Waals surface area contributed by atoms with Gasteiger partial charge in [-0.25, -0.2) is 5.01 Å². The second-order valence-electron chi connectivity index (χ2n) is 13.6. The number of aromatic nitrogens is 1. The number of Topliss-reactive ketones (excluding diaryl/α,β-unsaturated/α-hetero) is 1. The number of esters is 1. The molecular weight excluding hydrogens is 632 g/mol. The van der Waals surface area contributed by atoms with Gasteiger partial charge in [-0.3, -0.25) is 29.6 Å². The lowest BCUT2D eigenvalue weighted by molar-refractivity contribution is -0.148. The first-order valence-electron chi connectivity index (χ1n) is 21.7. The van der Waals surface area contributed by atoms with Crippen LogP contribution in [0.4, 0.5) is 0 Å². The van der Waals surface area contributed by atoms with Gasteiger partial charge in [0.15, 0.2) is 5.78 Å². The Bertz CT molecular complexity index is 1940. The number of ketones is 1. The first-order chi connectivity index (χ1) is 27.9. The summed E-state index contributed by atoms with van der Waals surface area (Å²) >= 11 is 0. The Balaban J connectivity index is 2.16. The lowest BCUT2D eigenvalue weighted by Crippen LogP contribution is -2.52. The highest BCUT2D eigenvalue weighted by molar-refractivity contribution is 5.89. The van der Waals surface area contributed by atoms with E-state index in [0.29, 0.717) is 16.8 Å². The number of hydrazine groups is 1. The minimum absolute atomic E-state index is 0.0127. The maximum absolute atomic E-state index is 14.3. The third-order valence-electron chi connectivity index (χ3n) is 8.17. The standard InChI is InChI=1S/C40H54N4O6/c1-27(45)42-37(40(5,6)7)34(46)23-31(22-28-14-10-9-11-15-28)35(47)26-44(43-38(49)32(39(2,3)4)24-36(48)50-8)25-29-17-19-30(20-18-29)33-16-12-13-21-41-33/h9-21,31-32,35,37,47H,22-26H2,1-8H3,(H,42,45)(H,43,49)/t31-,32-,35+,37-/m1/s1/i5D3,6D3,8D3,25D2. The molecule has 10 heteroatoms. The summed E-state index contributed by atoms with van der Waals surface area (Å²) in [6.07, 6.45) is -1.66. The topological polar surface area (TPSA) is 138 Å². The predicted octanol–water partition coefficient (Wildman–Crippen LogP) is 5.54. The molecule has 0 aliphatic carbocycles. The van der Waals surface area contributed by atoms with E-state index in [9.17, 15) is 27.0 Å². The van der Waals surface area contributed by atoms with Crippen LogP contribution < -0.4 is 10.7 Å². The van der Waals surface area contributed by atoms with E-state index in [2.05, 4.69) is 20.5 Å². The lowest BCUT2D eigenvalue weighted by Gasteiger charge is -2.35. The number of pyridine rings is 1. The minimum atomic E-state index is -3.29. The summed E-state index contributed by atoms with van der Waals surface area (Å²) in [6.45, 7) is -3.33. The van der Waals surface area contributed by atoms with Crippen molar-refractivity contribution in [3.8, 4) is 11.3 Å². The van der Waals surface area contributed by atoms with Gasteiger partial charge in [0, 0.05) is 46.4 Å². The minimum Gasteiger partial charge on any atom is -0.469 e. The van der Waals surface area contributed by atoms with Crippen molar-refractivity contribution in [1.82, 2.24) is 20.7 Å². The van der Waals surface area contributed by atoms with E-state index in [0.717, 1.165) is 18.9 Å². The average molecular weight is 698 g/mol. The van der Waals surface area contributed by atoms with Crippen molar-refractivity contribution < 1.29 is 44.1 Å². The van der Waals surface area contributed by atoms with Crippen LogP contribution in [0.25, 0.3) is 11.3 Å². The molecule has 10 nitrogen and oxygen atoms in total. The molecule has 50 heavy (non-hydrogen) atoms. The third-order valence-corrected chi connectivity index (χ3v) is 8.17. The van der Waals surface area contributed by atoms with Gasteiger partial charge in [-0.15, -0.1) is 0 Å². The van der Waals surface area contributed by atoms with Crippen LogP contribution in [0.1, 0.15) is 87.4 Å². The van der Waals surface area contributed by atoms with E-state index in [1.165, 1.54) is 12.1 Å². The Hall–Kier alpha value is -4.41. The van der Waals surface area contributed by atoms with Crippen molar-refractivity contribution in [2.45, 2.75) is 86.2 Å². The largest absolute Gasteiger partial charge is 0.469 e. The summed E-state index contributed by atoms with van der Waals surface area (Å²) < 4.78 is 94.2. The lowest BCUT2D eigenvalue weighted by atomic mass is 9.78. The number of carbonyl (C=O) groups excluding carboxylic acids is 4. The zero-order valence-corrected chi connectivity index (χ0v) is 29.0. The van der Waals surface area contributed by atoms with Crippen molar-refractivity contribution in [3.05, 3.63) is 90.1 Å². The zero-order valence-electron chi connectivity index (χ0n) is 40.0. The number of carbonyl (C=O) groups is 4. The Morgan fingerprint density at radius 3 is 2.18 bits per heavy atom. The molecule has 3 aromatic rings. The fourth-order valence-corrected chi connectivity index (χ4v) is 5.46. The third kappa shape index (κ3) is 12.5. The predicted molar refractivity (Wildman–Crippen MR) is 194 cm³/mol. The van der Waals surface area contributed by atoms with Crippen LogP contribution in [0.3, 0.4) is 0 Å². The van der Waals surface area contributed by atoms with Gasteiger partial charge in [0.2, 0.25) is 11.8 Å². The molecule has 0 aliphatic rings. The second kappa shape index (κ2) is 18.0. The summed E-state index contributed by atoms with van der Waals surface area (Å²) in [5, 5.41) is 15.1. The number of benzene rings is 2. The van der Waals surface area contributed by atoms with Crippen molar-refractivity contribution in [2.75, 3.05) is 13.6 Å². The van der Waals surface area contributed by atoms with Crippen LogP contribution in [0.2, 0.25) is 0 Å². The van der Waals surface area contributed by atoms with Gasteiger partial charge in [-0.2, -0.15) is 0 Å². The number of rotatable bonds is 16. The van der Waals surface area contributed by atoms with Crippen molar-refractivity contribution in [1.29, 1.82) is 0 Å². The zero-order chi connectivity index (χ0) is 46.4.